The SMILES string of the molecule is CC(Cl)CCC(C)(C)CC(C)(C)OCC(C)Cl. The van der Waals surface area contributed by atoms with Crippen LogP contribution in [0, 0.1) is 5.41 Å². The number of ether oxygens (including phenoxy) is 1. The maximum Gasteiger partial charge on any atom is 0.0634 e. The fourth-order valence-electron chi connectivity index (χ4n) is 2.22. The van der Waals surface area contributed by atoms with Crippen LogP contribution < -0.4 is 0 Å². The molecule has 0 fully saturated rings. The third-order valence-electron chi connectivity index (χ3n) is 2.83. The molecule has 0 heterocycles. The lowest BCUT2D eigenvalue weighted by Crippen LogP contribution is -2.33. The first-order valence-corrected chi connectivity index (χ1v) is 7.33. The van der Waals surface area contributed by atoms with Gasteiger partial charge in [0.15, 0.2) is 0 Å². The van der Waals surface area contributed by atoms with Crippen LogP contribution in [0.3, 0.4) is 0 Å². The fraction of sp³-hybridized carbons (Fsp3) is 1.00. The predicted octanol–water partition coefficient (Wildman–Crippen LogP) is 5.23. The molecular weight excluding hydrogens is 255 g/mol. The zero-order valence-electron chi connectivity index (χ0n) is 12.1. The van der Waals surface area contributed by atoms with Crippen LogP contribution in [0.5, 0.6) is 0 Å². The van der Waals surface area contributed by atoms with E-state index >= 15 is 0 Å². The summed E-state index contributed by atoms with van der Waals surface area (Å²) in [4.78, 5) is 0. The third kappa shape index (κ3) is 10.2. The fourth-order valence-corrected chi connectivity index (χ4v) is 2.39. The van der Waals surface area contributed by atoms with Gasteiger partial charge in [0.1, 0.15) is 0 Å². The highest BCUT2D eigenvalue weighted by atomic mass is 35.5. The molecule has 0 radical (unpaired) electrons. The molecule has 0 aromatic heterocycles. The standard InChI is InChI=1S/C14H28Cl2O/c1-11(15)7-8-13(3,4)10-14(5,6)17-9-12(2)16/h11-12H,7-10H2,1-6H3. The van der Waals surface area contributed by atoms with E-state index in [0.717, 1.165) is 19.3 Å². The average molecular weight is 283 g/mol. The molecule has 0 saturated heterocycles. The minimum absolute atomic E-state index is 0.0697. The van der Waals surface area contributed by atoms with Crippen LogP contribution in [-0.4, -0.2) is 23.0 Å². The Kier molecular flexibility index (Phi) is 7.44. The Bertz CT molecular complexity index is 188. The topological polar surface area (TPSA) is 9.23 Å². The predicted molar refractivity (Wildman–Crippen MR) is 78.3 cm³/mol. The zero-order valence-corrected chi connectivity index (χ0v) is 13.7. The summed E-state index contributed by atoms with van der Waals surface area (Å²) >= 11 is 11.9. The second kappa shape index (κ2) is 7.21. The van der Waals surface area contributed by atoms with Crippen LogP contribution in [0.15, 0.2) is 0 Å². The number of rotatable bonds is 8. The molecular formula is C14H28Cl2O. The van der Waals surface area contributed by atoms with E-state index in [4.69, 9.17) is 27.9 Å². The molecule has 0 rings (SSSR count). The highest BCUT2D eigenvalue weighted by Crippen LogP contribution is 2.35. The van der Waals surface area contributed by atoms with E-state index in [1.165, 1.54) is 0 Å². The molecule has 1 nitrogen and oxygen atoms in total. The number of hydrogen-bond acceptors (Lipinski definition) is 1. The lowest BCUT2D eigenvalue weighted by atomic mass is 9.78. The van der Waals surface area contributed by atoms with Gasteiger partial charge in [0.25, 0.3) is 0 Å². The van der Waals surface area contributed by atoms with E-state index in [-0.39, 0.29) is 21.8 Å². The summed E-state index contributed by atoms with van der Waals surface area (Å²) in [6, 6.07) is 0. The van der Waals surface area contributed by atoms with Gasteiger partial charge in [-0.3, -0.25) is 0 Å². The lowest BCUT2D eigenvalue weighted by Gasteiger charge is -2.35. The monoisotopic (exact) mass is 282 g/mol. The lowest BCUT2D eigenvalue weighted by molar-refractivity contribution is -0.0460. The Labute approximate surface area is 117 Å². The molecule has 104 valence electrons. The largest absolute Gasteiger partial charge is 0.374 e. The van der Waals surface area contributed by atoms with Crippen molar-refractivity contribution in [1.82, 2.24) is 0 Å². The number of hydrogen-bond donors (Lipinski definition) is 0. The molecule has 2 atom stereocenters. The highest BCUT2D eigenvalue weighted by molar-refractivity contribution is 6.20. The van der Waals surface area contributed by atoms with Crippen LogP contribution in [0.25, 0.3) is 0 Å². The summed E-state index contributed by atoms with van der Waals surface area (Å²) in [7, 11) is 0. The van der Waals surface area contributed by atoms with Gasteiger partial charge in [-0.1, -0.05) is 13.8 Å². The summed E-state index contributed by atoms with van der Waals surface area (Å²) in [6.45, 7) is 13.4. The van der Waals surface area contributed by atoms with Crippen molar-refractivity contribution in [1.29, 1.82) is 0 Å². The zero-order chi connectivity index (χ0) is 13.7. The Morgan fingerprint density at radius 3 is 1.94 bits per heavy atom. The maximum atomic E-state index is 6.01. The number of alkyl halides is 2. The second-order valence-electron chi connectivity index (χ2n) is 6.51. The molecule has 3 heteroatoms. The van der Waals surface area contributed by atoms with Crippen molar-refractivity contribution in [3.05, 3.63) is 0 Å². The summed E-state index contributed by atoms with van der Waals surface area (Å²) < 4.78 is 5.87. The van der Waals surface area contributed by atoms with Crippen molar-refractivity contribution >= 4 is 23.2 Å². The molecule has 0 aliphatic carbocycles. The third-order valence-corrected chi connectivity index (χ3v) is 3.17. The molecule has 0 N–H and O–H groups in total. The van der Waals surface area contributed by atoms with E-state index in [1.54, 1.807) is 0 Å². The van der Waals surface area contributed by atoms with E-state index < -0.39 is 0 Å². The van der Waals surface area contributed by atoms with Gasteiger partial charge < -0.3 is 4.74 Å². The van der Waals surface area contributed by atoms with Gasteiger partial charge in [0, 0.05) is 5.38 Å². The van der Waals surface area contributed by atoms with Gasteiger partial charge >= 0.3 is 0 Å². The first kappa shape index (κ1) is 17.5. The molecule has 0 aliphatic heterocycles. The smallest absolute Gasteiger partial charge is 0.0634 e. The van der Waals surface area contributed by atoms with Gasteiger partial charge in [0.2, 0.25) is 0 Å². The molecule has 17 heavy (non-hydrogen) atoms. The van der Waals surface area contributed by atoms with Crippen molar-refractivity contribution < 1.29 is 4.74 Å². The first-order valence-electron chi connectivity index (χ1n) is 6.46. The molecule has 0 aromatic carbocycles. The Balaban J connectivity index is 4.17. The van der Waals surface area contributed by atoms with Crippen molar-refractivity contribution in [2.75, 3.05) is 6.61 Å². The molecule has 2 unspecified atom stereocenters. The van der Waals surface area contributed by atoms with E-state index in [1.807, 2.05) is 6.92 Å². The number of halogens is 2. The van der Waals surface area contributed by atoms with Gasteiger partial charge in [-0.25, -0.2) is 0 Å². The molecule has 0 aliphatic rings. The summed E-state index contributed by atoms with van der Waals surface area (Å²) in [6.07, 6.45) is 3.20. The normalized spacial score (nSPS) is 16.9. The Morgan fingerprint density at radius 1 is 1.00 bits per heavy atom. The first-order chi connectivity index (χ1) is 7.54. The van der Waals surface area contributed by atoms with Crippen LogP contribution in [-0.2, 0) is 4.74 Å². The molecule has 0 aromatic rings. The van der Waals surface area contributed by atoms with Crippen molar-refractivity contribution in [2.24, 2.45) is 5.41 Å². The van der Waals surface area contributed by atoms with Crippen molar-refractivity contribution in [3.8, 4) is 0 Å². The Hall–Kier alpha value is 0.540. The highest BCUT2D eigenvalue weighted by Gasteiger charge is 2.29. The minimum atomic E-state index is -0.123. The van der Waals surface area contributed by atoms with E-state index in [0.29, 0.717) is 6.61 Å². The minimum Gasteiger partial charge on any atom is -0.374 e. The van der Waals surface area contributed by atoms with Gasteiger partial charge in [0.05, 0.1) is 17.6 Å². The second-order valence-corrected chi connectivity index (χ2v) is 8.00. The Morgan fingerprint density at radius 2 is 1.53 bits per heavy atom. The molecule has 0 amide bonds. The van der Waals surface area contributed by atoms with Gasteiger partial charge in [-0.15, -0.1) is 23.2 Å². The molecule has 0 saturated carbocycles. The maximum absolute atomic E-state index is 6.01. The quantitative estimate of drug-likeness (QED) is 0.554. The van der Waals surface area contributed by atoms with Gasteiger partial charge in [-0.2, -0.15) is 0 Å². The van der Waals surface area contributed by atoms with Crippen molar-refractivity contribution in [2.45, 2.75) is 77.2 Å². The average Bonchev–Trinajstić information content (AvgIpc) is 2.10. The van der Waals surface area contributed by atoms with E-state index in [9.17, 15) is 0 Å². The summed E-state index contributed by atoms with van der Waals surface area (Å²) in [5, 5.41) is 0.321. The summed E-state index contributed by atoms with van der Waals surface area (Å²) in [5.41, 5.74) is 0.129. The molecule has 0 spiro atoms. The molecule has 0 bridgehead atoms. The van der Waals surface area contributed by atoms with Crippen molar-refractivity contribution in [3.63, 3.8) is 0 Å². The van der Waals surface area contributed by atoms with Crippen LogP contribution in [0.4, 0.5) is 0 Å². The van der Waals surface area contributed by atoms with Gasteiger partial charge in [-0.05, 0) is 52.4 Å². The van der Waals surface area contributed by atoms with Crippen LogP contribution in [0.2, 0.25) is 0 Å². The summed E-state index contributed by atoms with van der Waals surface area (Å²) in [5.74, 6) is 0. The van der Waals surface area contributed by atoms with Crippen LogP contribution in [0.1, 0.15) is 60.8 Å². The van der Waals surface area contributed by atoms with E-state index in [2.05, 4.69) is 34.6 Å². The van der Waals surface area contributed by atoms with Crippen LogP contribution >= 0.6 is 23.2 Å².